The highest BCUT2D eigenvalue weighted by molar-refractivity contribution is 9.09. The van der Waals surface area contributed by atoms with Gasteiger partial charge in [-0.2, -0.15) is 0 Å². The summed E-state index contributed by atoms with van der Waals surface area (Å²) < 4.78 is 9.86. The average Bonchev–Trinajstić information content (AvgIpc) is 3.44. The Kier molecular flexibility index (Phi) is 7.83. The van der Waals surface area contributed by atoms with Gasteiger partial charge in [0.15, 0.2) is 0 Å². The highest BCUT2D eigenvalue weighted by Gasteiger charge is 2.76. The zero-order valence-corrected chi connectivity index (χ0v) is 22.3. The van der Waals surface area contributed by atoms with Crippen LogP contribution in [-0.2, 0) is 19.1 Å². The molecule has 2 amide bonds. The van der Waals surface area contributed by atoms with Gasteiger partial charge in [-0.1, -0.05) is 22.0 Å². The van der Waals surface area contributed by atoms with Crippen molar-refractivity contribution in [1.29, 1.82) is 0 Å². The van der Waals surface area contributed by atoms with Gasteiger partial charge < -0.3 is 24.4 Å². The van der Waals surface area contributed by atoms with E-state index in [0.717, 1.165) is 0 Å². The van der Waals surface area contributed by atoms with Crippen LogP contribution in [-0.4, -0.2) is 82.1 Å². The van der Waals surface area contributed by atoms with Crippen LogP contribution in [0.1, 0.15) is 19.8 Å². The van der Waals surface area contributed by atoms with Gasteiger partial charge in [-0.3, -0.25) is 14.4 Å². The van der Waals surface area contributed by atoms with Crippen molar-refractivity contribution in [3.63, 3.8) is 0 Å². The molecule has 4 rings (SSSR count). The van der Waals surface area contributed by atoms with Gasteiger partial charge in [0, 0.05) is 35.5 Å². The second kappa shape index (κ2) is 10.5. The molecule has 1 aromatic carbocycles. The normalized spacial score (nSPS) is 30.8. The zero-order chi connectivity index (χ0) is 25.3. The molecule has 10 heteroatoms. The molecule has 3 saturated heterocycles. The number of ether oxygens (including phenoxy) is 2. The number of likely N-dealkylation sites (tertiary alicyclic amines) is 1. The first-order valence-electron chi connectivity index (χ1n) is 11.8. The molecule has 0 aliphatic carbocycles. The Bertz CT molecular complexity index is 991. The molecular weight excluding hydrogens is 536 g/mol. The number of amides is 2. The second-order valence-corrected chi connectivity index (χ2v) is 11.7. The fraction of sp³-hybridized carbons (Fsp3) is 0.560. The van der Waals surface area contributed by atoms with Crippen molar-refractivity contribution in [2.45, 2.75) is 40.6 Å². The molecule has 190 valence electrons. The molecule has 6 atom stereocenters. The first-order valence-corrected chi connectivity index (χ1v) is 13.6. The van der Waals surface area contributed by atoms with Crippen LogP contribution < -0.4 is 9.64 Å². The average molecular weight is 568 g/mol. The molecule has 0 aromatic heterocycles. The van der Waals surface area contributed by atoms with Gasteiger partial charge in [-0.05, 0) is 44.0 Å². The minimum atomic E-state index is -0.775. The van der Waals surface area contributed by atoms with E-state index in [2.05, 4.69) is 22.5 Å². The number of carbonyl (C=O) groups is 3. The van der Waals surface area contributed by atoms with Crippen LogP contribution in [0.2, 0.25) is 0 Å². The maximum absolute atomic E-state index is 14.3. The van der Waals surface area contributed by atoms with E-state index in [-0.39, 0.29) is 54.2 Å². The molecule has 1 N–H and O–H groups in total. The molecule has 3 unspecified atom stereocenters. The summed E-state index contributed by atoms with van der Waals surface area (Å²) in [7, 11) is 1.58. The van der Waals surface area contributed by atoms with Crippen molar-refractivity contribution >= 4 is 51.2 Å². The Morgan fingerprint density at radius 3 is 2.69 bits per heavy atom. The van der Waals surface area contributed by atoms with Crippen LogP contribution in [0.3, 0.4) is 0 Å². The highest BCUT2D eigenvalue weighted by Crippen LogP contribution is 2.68. The number of hydrogen-bond acceptors (Lipinski definition) is 7. The van der Waals surface area contributed by atoms with Crippen LogP contribution >= 0.6 is 27.7 Å². The number of methoxy groups -OCH3 is 1. The van der Waals surface area contributed by atoms with E-state index >= 15 is 0 Å². The number of benzene rings is 1. The molecule has 35 heavy (non-hydrogen) atoms. The predicted octanol–water partition coefficient (Wildman–Crippen LogP) is 2.62. The van der Waals surface area contributed by atoms with Gasteiger partial charge in [0.05, 0.1) is 30.3 Å². The number of aliphatic hydroxyl groups excluding tert-OH is 1. The third kappa shape index (κ3) is 4.27. The summed E-state index contributed by atoms with van der Waals surface area (Å²) >= 11 is 5.30. The number of fused-ring (bicyclic) bond motifs is 1. The summed E-state index contributed by atoms with van der Waals surface area (Å²) in [6.45, 7) is 6.20. The zero-order valence-electron chi connectivity index (χ0n) is 19.9. The molecule has 1 spiro atoms. The monoisotopic (exact) mass is 566 g/mol. The van der Waals surface area contributed by atoms with Crippen LogP contribution in [0.15, 0.2) is 36.9 Å². The summed E-state index contributed by atoms with van der Waals surface area (Å²) in [6, 6.07) is 6.40. The molecule has 8 nitrogen and oxygen atoms in total. The Labute approximate surface area is 218 Å². The van der Waals surface area contributed by atoms with E-state index in [0.29, 0.717) is 24.3 Å². The van der Waals surface area contributed by atoms with Gasteiger partial charge in [0.1, 0.15) is 11.8 Å². The van der Waals surface area contributed by atoms with Crippen LogP contribution in [0, 0.1) is 11.8 Å². The largest absolute Gasteiger partial charge is 0.497 e. The number of rotatable bonds is 10. The highest BCUT2D eigenvalue weighted by atomic mass is 79.9. The minimum Gasteiger partial charge on any atom is -0.497 e. The van der Waals surface area contributed by atoms with Crippen molar-refractivity contribution < 1.29 is 29.0 Å². The lowest BCUT2D eigenvalue weighted by molar-refractivity contribution is -0.153. The molecule has 0 radical (unpaired) electrons. The van der Waals surface area contributed by atoms with Gasteiger partial charge >= 0.3 is 5.97 Å². The number of nitrogens with zero attached hydrogens (tertiary/aromatic N) is 2. The van der Waals surface area contributed by atoms with Gasteiger partial charge in [0.25, 0.3) is 5.91 Å². The molecule has 2 bridgehead atoms. The smallest absolute Gasteiger partial charge is 0.310 e. The van der Waals surface area contributed by atoms with Gasteiger partial charge in [-0.25, -0.2) is 0 Å². The first kappa shape index (κ1) is 26.0. The number of esters is 1. The number of halogens is 1. The quantitative estimate of drug-likeness (QED) is 0.264. The van der Waals surface area contributed by atoms with E-state index in [9.17, 15) is 19.5 Å². The molecule has 1 aromatic rings. The Hall–Kier alpha value is -2.04. The lowest BCUT2D eigenvalue weighted by Gasteiger charge is -2.37. The minimum absolute atomic E-state index is 0.0205. The molecular formula is C25H31BrN2O6S. The van der Waals surface area contributed by atoms with Crippen molar-refractivity contribution in [3.8, 4) is 5.75 Å². The van der Waals surface area contributed by atoms with Crippen molar-refractivity contribution in [1.82, 2.24) is 4.90 Å². The SMILES string of the molecule is C=CCN(C(=O)C1N(CCCO)C(=O)[C@@H]2[C@@H](C(=O)OCC)[C@@H]3SC12CC3Br)c1ccc(OC)cc1. The fourth-order valence-corrected chi connectivity index (χ4v) is 9.35. The summed E-state index contributed by atoms with van der Waals surface area (Å²) in [5.41, 5.74) is 0.667. The number of anilines is 1. The van der Waals surface area contributed by atoms with E-state index in [1.165, 1.54) is 0 Å². The topological polar surface area (TPSA) is 96.4 Å². The lowest BCUT2D eigenvalue weighted by atomic mass is 9.71. The number of carbonyl (C=O) groups excluding carboxylic acids is 3. The summed E-state index contributed by atoms with van der Waals surface area (Å²) in [5, 5.41) is 9.35. The number of alkyl halides is 1. The number of aliphatic hydroxyl groups is 1. The molecule has 3 heterocycles. The Balaban J connectivity index is 1.77. The van der Waals surface area contributed by atoms with E-state index in [4.69, 9.17) is 9.47 Å². The fourth-order valence-electron chi connectivity index (χ4n) is 5.76. The summed E-state index contributed by atoms with van der Waals surface area (Å²) in [5.74, 6) is -1.40. The van der Waals surface area contributed by atoms with Crippen LogP contribution in [0.4, 0.5) is 5.69 Å². The van der Waals surface area contributed by atoms with Crippen molar-refractivity contribution in [2.75, 3.05) is 38.3 Å². The Morgan fingerprint density at radius 1 is 1.37 bits per heavy atom. The van der Waals surface area contributed by atoms with Crippen molar-refractivity contribution in [3.05, 3.63) is 36.9 Å². The second-order valence-electron chi connectivity index (χ2n) is 8.96. The van der Waals surface area contributed by atoms with Crippen LogP contribution in [0.25, 0.3) is 0 Å². The standard InChI is InChI=1S/C25H31BrN2O6S/c1-4-11-27(15-7-9-16(33-3)10-8-15)23(31)21-25-14-17(26)20(35-25)18(24(32)34-5-2)19(25)22(30)28(21)12-6-13-29/h4,7-10,17-21,29H,1,5-6,11-14H2,2-3H3/t17?,18-,19+,20-,21?,25?/m1/s1. The maximum Gasteiger partial charge on any atom is 0.310 e. The maximum atomic E-state index is 14.3. The van der Waals surface area contributed by atoms with E-state index in [1.807, 2.05) is 0 Å². The lowest BCUT2D eigenvalue weighted by Crippen LogP contribution is -2.55. The van der Waals surface area contributed by atoms with Crippen LogP contribution in [0.5, 0.6) is 5.75 Å². The number of hydrogen-bond donors (Lipinski definition) is 1. The third-order valence-corrected chi connectivity index (χ3v) is 10.3. The third-order valence-electron chi connectivity index (χ3n) is 7.10. The van der Waals surface area contributed by atoms with Crippen molar-refractivity contribution in [2.24, 2.45) is 11.8 Å². The van der Waals surface area contributed by atoms with Gasteiger partial charge in [0.2, 0.25) is 5.91 Å². The molecule has 3 fully saturated rings. The van der Waals surface area contributed by atoms with E-state index < -0.39 is 22.6 Å². The first-order chi connectivity index (χ1) is 16.8. The molecule has 0 saturated carbocycles. The predicted molar refractivity (Wildman–Crippen MR) is 138 cm³/mol. The summed E-state index contributed by atoms with van der Waals surface area (Å²) in [4.78, 5) is 44.3. The molecule has 3 aliphatic rings. The number of thioether (sulfide) groups is 1. The Morgan fingerprint density at radius 2 is 2.09 bits per heavy atom. The van der Waals surface area contributed by atoms with E-state index in [1.54, 1.807) is 65.9 Å². The summed E-state index contributed by atoms with van der Waals surface area (Å²) in [6.07, 6.45) is 2.59. The van der Waals surface area contributed by atoms with Gasteiger partial charge in [-0.15, -0.1) is 18.3 Å². The molecule has 3 aliphatic heterocycles.